The number of likely N-dealkylation sites (tertiary alicyclic amines) is 1. The Labute approximate surface area is 179 Å². The van der Waals surface area contributed by atoms with Crippen molar-refractivity contribution in [1.29, 1.82) is 0 Å². The first-order chi connectivity index (χ1) is 14.4. The third kappa shape index (κ3) is 5.30. The quantitative estimate of drug-likeness (QED) is 0.740. The summed E-state index contributed by atoms with van der Waals surface area (Å²) in [5.41, 5.74) is 4.92. The molecule has 0 bridgehead atoms. The minimum Gasteiger partial charge on any atom is -0.353 e. The van der Waals surface area contributed by atoms with Gasteiger partial charge in [-0.05, 0) is 70.0 Å². The molecule has 3 rings (SSSR count). The molecule has 2 aromatic rings. The van der Waals surface area contributed by atoms with Crippen molar-refractivity contribution < 1.29 is 9.59 Å². The average molecular weight is 411 g/mol. The van der Waals surface area contributed by atoms with Gasteiger partial charge in [-0.3, -0.25) is 14.5 Å². The third-order valence-corrected chi connectivity index (χ3v) is 5.98. The second-order valence-electron chi connectivity index (χ2n) is 8.45. The Morgan fingerprint density at radius 3 is 2.20 bits per heavy atom. The number of rotatable bonds is 5. The fourth-order valence-electron chi connectivity index (χ4n) is 4.47. The SMILES string of the molecule is Cc1cc(C)c(NC(=O)C(=O)NCC(c2cccn2C)N2CCCCCC2)c(C)c1. The summed E-state index contributed by atoms with van der Waals surface area (Å²) in [6, 6.07) is 8.19. The van der Waals surface area contributed by atoms with Gasteiger partial charge < -0.3 is 15.2 Å². The molecule has 2 heterocycles. The fourth-order valence-corrected chi connectivity index (χ4v) is 4.47. The molecule has 1 fully saturated rings. The molecule has 30 heavy (non-hydrogen) atoms. The highest BCUT2D eigenvalue weighted by Crippen LogP contribution is 2.24. The third-order valence-electron chi connectivity index (χ3n) is 5.98. The average Bonchev–Trinajstić information content (AvgIpc) is 2.94. The molecular formula is C24H34N4O2. The van der Waals surface area contributed by atoms with Crippen LogP contribution in [-0.4, -0.2) is 40.9 Å². The van der Waals surface area contributed by atoms with Crippen LogP contribution in [0.15, 0.2) is 30.5 Å². The van der Waals surface area contributed by atoms with Crippen LogP contribution < -0.4 is 10.6 Å². The van der Waals surface area contributed by atoms with Crippen LogP contribution in [0.3, 0.4) is 0 Å². The second-order valence-corrected chi connectivity index (χ2v) is 8.45. The van der Waals surface area contributed by atoms with Crippen LogP contribution in [0, 0.1) is 20.8 Å². The summed E-state index contributed by atoms with van der Waals surface area (Å²) in [5.74, 6) is -1.21. The summed E-state index contributed by atoms with van der Waals surface area (Å²) < 4.78 is 2.10. The van der Waals surface area contributed by atoms with E-state index < -0.39 is 11.8 Å². The maximum Gasteiger partial charge on any atom is 0.313 e. The predicted molar refractivity (Wildman–Crippen MR) is 120 cm³/mol. The van der Waals surface area contributed by atoms with E-state index in [2.05, 4.69) is 26.2 Å². The number of aromatic nitrogens is 1. The van der Waals surface area contributed by atoms with Crippen molar-refractivity contribution in [3.63, 3.8) is 0 Å². The topological polar surface area (TPSA) is 66.4 Å². The van der Waals surface area contributed by atoms with Gasteiger partial charge in [0, 0.05) is 31.2 Å². The number of nitrogens with one attached hydrogen (secondary N) is 2. The predicted octanol–water partition coefficient (Wildman–Crippen LogP) is 3.62. The van der Waals surface area contributed by atoms with Gasteiger partial charge in [0.05, 0.1) is 6.04 Å². The minimum atomic E-state index is -0.619. The van der Waals surface area contributed by atoms with Crippen molar-refractivity contribution in [2.45, 2.75) is 52.5 Å². The van der Waals surface area contributed by atoms with Gasteiger partial charge in [-0.1, -0.05) is 30.5 Å². The van der Waals surface area contributed by atoms with E-state index in [1.165, 1.54) is 25.7 Å². The van der Waals surface area contributed by atoms with E-state index in [-0.39, 0.29) is 6.04 Å². The van der Waals surface area contributed by atoms with E-state index >= 15 is 0 Å². The lowest BCUT2D eigenvalue weighted by molar-refractivity contribution is -0.136. The van der Waals surface area contributed by atoms with E-state index in [0.29, 0.717) is 12.2 Å². The lowest BCUT2D eigenvalue weighted by Crippen LogP contribution is -2.43. The first-order valence-corrected chi connectivity index (χ1v) is 10.9. The zero-order valence-electron chi connectivity index (χ0n) is 18.6. The van der Waals surface area contributed by atoms with Crippen molar-refractivity contribution in [2.75, 3.05) is 25.0 Å². The highest BCUT2D eigenvalue weighted by molar-refractivity contribution is 6.39. The number of hydrogen-bond acceptors (Lipinski definition) is 3. The molecule has 1 aliphatic rings. The van der Waals surface area contributed by atoms with Gasteiger partial charge in [-0.15, -0.1) is 0 Å². The number of hydrogen-bond donors (Lipinski definition) is 2. The molecule has 0 saturated carbocycles. The number of carbonyl (C=O) groups excluding carboxylic acids is 2. The number of carbonyl (C=O) groups is 2. The van der Waals surface area contributed by atoms with E-state index in [1.54, 1.807) is 0 Å². The Morgan fingerprint density at radius 2 is 1.63 bits per heavy atom. The summed E-state index contributed by atoms with van der Waals surface area (Å²) in [7, 11) is 2.03. The fraction of sp³-hybridized carbons (Fsp3) is 0.500. The standard InChI is InChI=1S/C24H34N4O2/c1-17-14-18(2)22(19(3)15-17)26-24(30)23(29)25-16-21(20-10-9-11-27(20)4)28-12-7-5-6-8-13-28/h9-11,14-15,21H,5-8,12-13,16H2,1-4H3,(H,25,29)(H,26,30). The smallest absolute Gasteiger partial charge is 0.313 e. The van der Waals surface area contributed by atoms with E-state index in [4.69, 9.17) is 0 Å². The molecule has 1 atom stereocenters. The summed E-state index contributed by atoms with van der Waals surface area (Å²) in [4.78, 5) is 27.6. The molecule has 2 N–H and O–H groups in total. The van der Waals surface area contributed by atoms with Crippen LogP contribution in [0.4, 0.5) is 5.69 Å². The van der Waals surface area contributed by atoms with E-state index in [9.17, 15) is 9.59 Å². The van der Waals surface area contributed by atoms with Crippen LogP contribution in [0.5, 0.6) is 0 Å². The zero-order chi connectivity index (χ0) is 21.7. The molecule has 162 valence electrons. The van der Waals surface area contributed by atoms with E-state index in [1.807, 2.05) is 52.2 Å². The first kappa shape index (κ1) is 22.1. The summed E-state index contributed by atoms with van der Waals surface area (Å²) in [6.45, 7) is 8.34. The Balaban J connectivity index is 1.68. The Kier molecular flexibility index (Phi) is 7.32. The van der Waals surface area contributed by atoms with Crippen LogP contribution >= 0.6 is 0 Å². The maximum atomic E-state index is 12.6. The number of benzene rings is 1. The highest BCUT2D eigenvalue weighted by Gasteiger charge is 2.25. The van der Waals surface area contributed by atoms with Crippen LogP contribution in [0.2, 0.25) is 0 Å². The number of amides is 2. The van der Waals surface area contributed by atoms with Crippen molar-refractivity contribution in [1.82, 2.24) is 14.8 Å². The molecule has 1 saturated heterocycles. The van der Waals surface area contributed by atoms with Gasteiger partial charge in [0.15, 0.2) is 0 Å². The van der Waals surface area contributed by atoms with Gasteiger partial charge in [0.2, 0.25) is 0 Å². The first-order valence-electron chi connectivity index (χ1n) is 10.9. The van der Waals surface area contributed by atoms with Crippen molar-refractivity contribution in [3.8, 4) is 0 Å². The van der Waals surface area contributed by atoms with Gasteiger partial charge in [0.1, 0.15) is 0 Å². The van der Waals surface area contributed by atoms with Crippen molar-refractivity contribution >= 4 is 17.5 Å². The lowest BCUT2D eigenvalue weighted by atomic mass is 10.1. The summed E-state index contributed by atoms with van der Waals surface area (Å²) in [6.07, 6.45) is 6.86. The molecule has 1 aromatic carbocycles. The monoisotopic (exact) mass is 410 g/mol. The van der Waals surface area contributed by atoms with Crippen LogP contribution in [-0.2, 0) is 16.6 Å². The molecule has 2 amide bonds. The molecule has 1 unspecified atom stereocenters. The van der Waals surface area contributed by atoms with Gasteiger partial charge in [-0.25, -0.2) is 0 Å². The molecular weight excluding hydrogens is 376 g/mol. The Bertz CT molecular complexity index is 871. The molecule has 0 spiro atoms. The zero-order valence-corrected chi connectivity index (χ0v) is 18.6. The van der Waals surface area contributed by atoms with Crippen LogP contribution in [0.25, 0.3) is 0 Å². The van der Waals surface area contributed by atoms with Crippen LogP contribution in [0.1, 0.15) is 54.1 Å². The maximum absolute atomic E-state index is 12.6. The summed E-state index contributed by atoms with van der Waals surface area (Å²) in [5, 5.41) is 5.68. The van der Waals surface area contributed by atoms with Gasteiger partial charge >= 0.3 is 11.8 Å². The molecule has 6 nitrogen and oxygen atoms in total. The molecule has 1 aromatic heterocycles. The molecule has 0 aliphatic carbocycles. The minimum absolute atomic E-state index is 0.0581. The molecule has 0 radical (unpaired) electrons. The molecule has 1 aliphatic heterocycles. The number of anilines is 1. The highest BCUT2D eigenvalue weighted by atomic mass is 16.2. The Hall–Kier alpha value is -2.60. The number of aryl methyl sites for hydroxylation is 4. The van der Waals surface area contributed by atoms with Crippen molar-refractivity contribution in [2.24, 2.45) is 7.05 Å². The second kappa shape index (κ2) is 9.94. The van der Waals surface area contributed by atoms with Gasteiger partial charge in [-0.2, -0.15) is 0 Å². The lowest BCUT2D eigenvalue weighted by Gasteiger charge is -2.31. The Morgan fingerprint density at radius 1 is 1.00 bits per heavy atom. The van der Waals surface area contributed by atoms with E-state index in [0.717, 1.165) is 35.5 Å². The summed E-state index contributed by atoms with van der Waals surface area (Å²) >= 11 is 0. The normalized spacial score (nSPS) is 16.0. The number of nitrogens with zero attached hydrogens (tertiary/aromatic N) is 2. The largest absolute Gasteiger partial charge is 0.353 e. The molecule has 6 heteroatoms. The van der Waals surface area contributed by atoms with Crippen molar-refractivity contribution in [3.05, 3.63) is 52.8 Å². The van der Waals surface area contributed by atoms with Gasteiger partial charge in [0.25, 0.3) is 0 Å².